The van der Waals surface area contributed by atoms with Crippen LogP contribution in [-0.4, -0.2) is 42.5 Å². The van der Waals surface area contributed by atoms with Crippen molar-refractivity contribution in [2.24, 2.45) is 11.7 Å². The van der Waals surface area contributed by atoms with Gasteiger partial charge in [-0.15, -0.1) is 0 Å². The smallest absolute Gasteiger partial charge is 0.237 e. The fourth-order valence-corrected chi connectivity index (χ4v) is 2.56. The van der Waals surface area contributed by atoms with E-state index in [0.717, 1.165) is 51.2 Å². The number of nitrogens with one attached hydrogen (secondary N) is 1. The van der Waals surface area contributed by atoms with E-state index in [1.807, 2.05) is 6.92 Å². The van der Waals surface area contributed by atoms with Crippen LogP contribution >= 0.6 is 0 Å². The predicted octanol–water partition coefficient (Wildman–Crippen LogP) is 2.13. The molecule has 1 aliphatic carbocycles. The number of hydrogen-bond acceptors (Lipinski definition) is 3. The number of rotatable bonds is 12. The van der Waals surface area contributed by atoms with Gasteiger partial charge in [-0.2, -0.15) is 0 Å². The molecule has 4 heteroatoms. The van der Waals surface area contributed by atoms with Crippen molar-refractivity contribution >= 4 is 5.91 Å². The molecule has 3 N–H and O–H groups in total. The Labute approximate surface area is 124 Å². The molecule has 1 atom stereocenters. The van der Waals surface area contributed by atoms with Crippen LogP contribution in [0.1, 0.15) is 59.3 Å². The number of carbonyl (C=O) groups excluding carboxylic acids is 1. The number of unbranched alkanes of at least 4 members (excludes halogenated alkanes) is 1. The second-order valence-corrected chi connectivity index (χ2v) is 6.42. The molecule has 118 valence electrons. The molecule has 1 rings (SSSR count). The summed E-state index contributed by atoms with van der Waals surface area (Å²) in [5.41, 5.74) is 5.00. The number of hydrogen-bond donors (Lipinski definition) is 2. The van der Waals surface area contributed by atoms with Gasteiger partial charge in [-0.3, -0.25) is 4.79 Å². The van der Waals surface area contributed by atoms with Crippen LogP contribution in [-0.2, 0) is 4.79 Å². The van der Waals surface area contributed by atoms with Gasteiger partial charge >= 0.3 is 0 Å². The summed E-state index contributed by atoms with van der Waals surface area (Å²) in [5.74, 6) is 0.730. The lowest BCUT2D eigenvalue weighted by Crippen LogP contribution is -2.53. The van der Waals surface area contributed by atoms with Gasteiger partial charge in [-0.25, -0.2) is 0 Å². The molecule has 1 amide bonds. The normalized spacial score (nSPS) is 18.2. The van der Waals surface area contributed by atoms with Gasteiger partial charge in [-0.1, -0.05) is 13.8 Å². The van der Waals surface area contributed by atoms with E-state index in [4.69, 9.17) is 5.73 Å². The molecular formula is C16H33N3O. The van der Waals surface area contributed by atoms with Crippen molar-refractivity contribution in [2.45, 2.75) is 64.8 Å². The lowest BCUT2D eigenvalue weighted by atomic mass is 9.93. The highest BCUT2D eigenvalue weighted by atomic mass is 16.1. The van der Waals surface area contributed by atoms with E-state index in [-0.39, 0.29) is 5.91 Å². The van der Waals surface area contributed by atoms with Gasteiger partial charge in [0.15, 0.2) is 0 Å². The van der Waals surface area contributed by atoms with E-state index in [1.54, 1.807) is 0 Å². The zero-order chi connectivity index (χ0) is 15.0. The Hall–Kier alpha value is -0.610. The number of carbonyl (C=O) groups is 1. The third-order valence-electron chi connectivity index (χ3n) is 4.37. The first-order valence-corrected chi connectivity index (χ1v) is 8.29. The molecule has 1 aliphatic rings. The van der Waals surface area contributed by atoms with Crippen molar-refractivity contribution in [3.05, 3.63) is 0 Å². The van der Waals surface area contributed by atoms with Crippen LogP contribution in [0.3, 0.4) is 0 Å². The molecule has 0 aromatic heterocycles. The van der Waals surface area contributed by atoms with Crippen LogP contribution in [0.2, 0.25) is 0 Å². The largest absolute Gasteiger partial charge is 0.368 e. The van der Waals surface area contributed by atoms with Crippen LogP contribution in [0, 0.1) is 5.92 Å². The summed E-state index contributed by atoms with van der Waals surface area (Å²) < 4.78 is 0. The lowest BCUT2D eigenvalue weighted by molar-refractivity contribution is -0.124. The van der Waals surface area contributed by atoms with Gasteiger partial charge in [0, 0.05) is 6.54 Å². The molecule has 0 aromatic rings. The lowest BCUT2D eigenvalue weighted by Gasteiger charge is -2.28. The van der Waals surface area contributed by atoms with Crippen molar-refractivity contribution in [1.29, 1.82) is 0 Å². The van der Waals surface area contributed by atoms with E-state index >= 15 is 0 Å². The molecule has 0 saturated heterocycles. The van der Waals surface area contributed by atoms with E-state index in [1.165, 1.54) is 19.4 Å². The summed E-state index contributed by atoms with van der Waals surface area (Å²) in [6, 6.07) is 0. The molecule has 0 spiro atoms. The molecule has 1 fully saturated rings. The van der Waals surface area contributed by atoms with Crippen molar-refractivity contribution < 1.29 is 4.79 Å². The maximum atomic E-state index is 11.6. The molecule has 1 unspecified atom stereocenters. The summed E-state index contributed by atoms with van der Waals surface area (Å²) in [4.78, 5) is 14.2. The van der Waals surface area contributed by atoms with Crippen molar-refractivity contribution in [2.75, 3.05) is 26.2 Å². The predicted molar refractivity (Wildman–Crippen MR) is 84.6 cm³/mol. The number of nitrogens with zero attached hydrogens (tertiary/aromatic N) is 1. The Morgan fingerprint density at radius 1 is 1.35 bits per heavy atom. The SMILES string of the molecule is CCCNC(C)(CCCCN(CC)CC1CC1)C(N)=O. The molecule has 20 heavy (non-hydrogen) atoms. The second-order valence-electron chi connectivity index (χ2n) is 6.42. The fraction of sp³-hybridized carbons (Fsp3) is 0.938. The van der Waals surface area contributed by atoms with Gasteiger partial charge in [-0.05, 0) is 71.0 Å². The Balaban J connectivity index is 2.23. The maximum absolute atomic E-state index is 11.6. The fourth-order valence-electron chi connectivity index (χ4n) is 2.56. The molecule has 0 aromatic carbocycles. The molecule has 1 saturated carbocycles. The zero-order valence-electron chi connectivity index (χ0n) is 13.6. The van der Waals surface area contributed by atoms with Crippen LogP contribution in [0.4, 0.5) is 0 Å². The van der Waals surface area contributed by atoms with Gasteiger partial charge in [0.25, 0.3) is 0 Å². The summed E-state index contributed by atoms with van der Waals surface area (Å²) in [6.45, 7) is 10.7. The van der Waals surface area contributed by atoms with E-state index in [2.05, 4.69) is 24.1 Å². The quantitative estimate of drug-likeness (QED) is 0.539. The monoisotopic (exact) mass is 283 g/mol. The average Bonchev–Trinajstić information content (AvgIpc) is 3.23. The molecule has 4 nitrogen and oxygen atoms in total. The molecule has 0 bridgehead atoms. The van der Waals surface area contributed by atoms with Crippen LogP contribution in [0.25, 0.3) is 0 Å². The van der Waals surface area contributed by atoms with Crippen LogP contribution < -0.4 is 11.1 Å². The number of amides is 1. The number of nitrogens with two attached hydrogens (primary N) is 1. The van der Waals surface area contributed by atoms with Crippen LogP contribution in [0.5, 0.6) is 0 Å². The van der Waals surface area contributed by atoms with Crippen molar-refractivity contribution in [3.63, 3.8) is 0 Å². The summed E-state index contributed by atoms with van der Waals surface area (Å²) in [5, 5.41) is 3.30. The van der Waals surface area contributed by atoms with Crippen molar-refractivity contribution in [3.8, 4) is 0 Å². The second kappa shape index (κ2) is 8.63. The Morgan fingerprint density at radius 3 is 2.55 bits per heavy atom. The molecule has 0 aliphatic heterocycles. The van der Waals surface area contributed by atoms with E-state index in [9.17, 15) is 4.79 Å². The highest BCUT2D eigenvalue weighted by Crippen LogP contribution is 2.29. The van der Waals surface area contributed by atoms with Gasteiger partial charge in [0.05, 0.1) is 5.54 Å². The number of primary amides is 1. The first-order valence-electron chi connectivity index (χ1n) is 8.29. The molecule has 0 radical (unpaired) electrons. The van der Waals surface area contributed by atoms with Gasteiger partial charge in [0.1, 0.15) is 0 Å². The minimum atomic E-state index is -0.538. The highest BCUT2D eigenvalue weighted by molar-refractivity contribution is 5.84. The minimum absolute atomic E-state index is 0.226. The third kappa shape index (κ3) is 6.23. The van der Waals surface area contributed by atoms with E-state index in [0.29, 0.717) is 0 Å². The zero-order valence-corrected chi connectivity index (χ0v) is 13.6. The standard InChI is InChI=1S/C16H33N3O/c1-4-11-18-16(3,15(17)20)10-6-7-12-19(5-2)13-14-8-9-14/h14,18H,4-13H2,1-3H3,(H2,17,20). The van der Waals surface area contributed by atoms with E-state index < -0.39 is 5.54 Å². The van der Waals surface area contributed by atoms with Gasteiger partial charge < -0.3 is 16.0 Å². The first kappa shape index (κ1) is 17.4. The third-order valence-corrected chi connectivity index (χ3v) is 4.37. The molecular weight excluding hydrogens is 250 g/mol. The Kier molecular flexibility index (Phi) is 7.52. The summed E-state index contributed by atoms with van der Waals surface area (Å²) >= 11 is 0. The average molecular weight is 283 g/mol. The Morgan fingerprint density at radius 2 is 2.05 bits per heavy atom. The summed E-state index contributed by atoms with van der Waals surface area (Å²) in [7, 11) is 0. The highest BCUT2D eigenvalue weighted by Gasteiger charge is 2.29. The minimum Gasteiger partial charge on any atom is -0.368 e. The maximum Gasteiger partial charge on any atom is 0.237 e. The van der Waals surface area contributed by atoms with Crippen molar-refractivity contribution in [1.82, 2.24) is 10.2 Å². The van der Waals surface area contributed by atoms with Crippen LogP contribution in [0.15, 0.2) is 0 Å². The molecule has 0 heterocycles. The van der Waals surface area contributed by atoms with Gasteiger partial charge in [0.2, 0.25) is 5.91 Å². The Bertz CT molecular complexity index is 291. The summed E-state index contributed by atoms with van der Waals surface area (Å²) in [6.07, 6.45) is 6.89. The first-order chi connectivity index (χ1) is 9.51. The topological polar surface area (TPSA) is 58.4 Å².